The van der Waals surface area contributed by atoms with E-state index in [0.717, 1.165) is 19.6 Å². The van der Waals surface area contributed by atoms with Gasteiger partial charge in [0, 0.05) is 50.5 Å². The molecule has 1 saturated heterocycles. The van der Waals surface area contributed by atoms with Crippen LogP contribution in [-0.4, -0.2) is 42.6 Å². The summed E-state index contributed by atoms with van der Waals surface area (Å²) in [5.41, 5.74) is 1.65. The van der Waals surface area contributed by atoms with Crippen molar-refractivity contribution in [2.24, 2.45) is 0 Å². The van der Waals surface area contributed by atoms with E-state index < -0.39 is 0 Å². The van der Waals surface area contributed by atoms with Crippen molar-refractivity contribution in [3.05, 3.63) is 24.0 Å². The highest BCUT2D eigenvalue weighted by atomic mass is 15.2. The van der Waals surface area contributed by atoms with Gasteiger partial charge >= 0.3 is 0 Å². The lowest BCUT2D eigenvalue weighted by molar-refractivity contribution is 0.200. The molecular weight excluding hydrogens is 186 g/mol. The third kappa shape index (κ3) is 2.61. The van der Waals surface area contributed by atoms with Crippen LogP contribution in [0.2, 0.25) is 0 Å². The number of aromatic amines is 1. The summed E-state index contributed by atoms with van der Waals surface area (Å²) in [4.78, 5) is 5.69. The minimum absolute atomic E-state index is 0.247. The van der Waals surface area contributed by atoms with Gasteiger partial charge in [-0.2, -0.15) is 0 Å². The third-order valence-corrected chi connectivity index (χ3v) is 3.21. The molecule has 0 atom stereocenters. The summed E-state index contributed by atoms with van der Waals surface area (Å²) in [6.45, 7) is 10.4. The molecule has 15 heavy (non-hydrogen) atoms. The predicted molar refractivity (Wildman–Crippen MR) is 63.1 cm³/mol. The van der Waals surface area contributed by atoms with Gasteiger partial charge in [-0.3, -0.25) is 4.90 Å². The fraction of sp³-hybridized carbons (Fsp3) is 0.667. The number of nitrogens with zero attached hydrogens (tertiary/aromatic N) is 1. The van der Waals surface area contributed by atoms with Crippen LogP contribution in [0.5, 0.6) is 0 Å². The molecule has 0 spiro atoms. The average Bonchev–Trinajstić information content (AvgIpc) is 2.71. The van der Waals surface area contributed by atoms with Crippen LogP contribution >= 0.6 is 0 Å². The van der Waals surface area contributed by atoms with Gasteiger partial charge in [-0.1, -0.05) is 13.8 Å². The molecule has 2 rings (SSSR count). The van der Waals surface area contributed by atoms with Crippen molar-refractivity contribution < 1.29 is 0 Å². The summed E-state index contributed by atoms with van der Waals surface area (Å²) in [6, 6.07) is 2.18. The Morgan fingerprint density at radius 3 is 2.67 bits per heavy atom. The Hall–Kier alpha value is -0.800. The van der Waals surface area contributed by atoms with Crippen LogP contribution in [0.4, 0.5) is 0 Å². The Morgan fingerprint density at radius 2 is 2.07 bits per heavy atom. The fourth-order valence-corrected chi connectivity index (χ4v) is 2.26. The molecule has 1 aliphatic rings. The number of H-pyrrole nitrogens is 1. The van der Waals surface area contributed by atoms with E-state index in [2.05, 4.69) is 41.3 Å². The number of rotatable bonds is 3. The van der Waals surface area contributed by atoms with Crippen LogP contribution < -0.4 is 5.32 Å². The van der Waals surface area contributed by atoms with E-state index in [4.69, 9.17) is 0 Å². The van der Waals surface area contributed by atoms with E-state index in [-0.39, 0.29) is 5.41 Å². The van der Waals surface area contributed by atoms with Crippen LogP contribution in [0.15, 0.2) is 18.5 Å². The van der Waals surface area contributed by atoms with Crippen LogP contribution in [-0.2, 0) is 5.41 Å². The van der Waals surface area contributed by atoms with Gasteiger partial charge in [-0.25, -0.2) is 0 Å². The maximum Gasteiger partial charge on any atom is 0.0108 e. The maximum absolute atomic E-state index is 3.39. The van der Waals surface area contributed by atoms with Crippen molar-refractivity contribution in [3.63, 3.8) is 0 Å². The molecule has 0 saturated carbocycles. The van der Waals surface area contributed by atoms with E-state index in [9.17, 15) is 0 Å². The second-order valence-corrected chi connectivity index (χ2v) is 5.01. The van der Waals surface area contributed by atoms with Crippen LogP contribution in [0, 0.1) is 0 Å². The predicted octanol–water partition coefficient (Wildman–Crippen LogP) is 1.20. The minimum Gasteiger partial charge on any atom is -0.367 e. The first-order valence-electron chi connectivity index (χ1n) is 5.75. The van der Waals surface area contributed by atoms with Crippen molar-refractivity contribution in [1.82, 2.24) is 15.2 Å². The second-order valence-electron chi connectivity index (χ2n) is 5.01. The Kier molecular flexibility index (Phi) is 3.12. The molecule has 0 aliphatic carbocycles. The lowest BCUT2D eigenvalue weighted by Crippen LogP contribution is -2.47. The summed E-state index contributed by atoms with van der Waals surface area (Å²) in [5, 5.41) is 3.39. The van der Waals surface area contributed by atoms with Crippen molar-refractivity contribution >= 4 is 0 Å². The summed E-state index contributed by atoms with van der Waals surface area (Å²) in [7, 11) is 0. The lowest BCUT2D eigenvalue weighted by Gasteiger charge is -2.34. The van der Waals surface area contributed by atoms with Crippen LogP contribution in [0.25, 0.3) is 0 Å². The van der Waals surface area contributed by atoms with Crippen molar-refractivity contribution in [3.8, 4) is 0 Å². The maximum atomic E-state index is 3.39. The molecule has 2 N–H and O–H groups in total. The van der Waals surface area contributed by atoms with E-state index in [0.29, 0.717) is 0 Å². The van der Waals surface area contributed by atoms with Gasteiger partial charge in [0.15, 0.2) is 0 Å². The Balaban J connectivity index is 1.97. The molecule has 0 unspecified atom stereocenters. The van der Waals surface area contributed by atoms with Gasteiger partial charge in [0.25, 0.3) is 0 Å². The number of piperazine rings is 1. The zero-order chi connectivity index (χ0) is 10.7. The smallest absolute Gasteiger partial charge is 0.0108 e. The number of aromatic nitrogens is 1. The SMILES string of the molecule is CC(C)(CN1CCNCC1)c1cc[nH]c1. The van der Waals surface area contributed by atoms with Gasteiger partial charge in [0.2, 0.25) is 0 Å². The quantitative estimate of drug-likeness (QED) is 0.780. The van der Waals surface area contributed by atoms with E-state index in [1.165, 1.54) is 18.7 Å². The van der Waals surface area contributed by atoms with Crippen LogP contribution in [0.1, 0.15) is 19.4 Å². The zero-order valence-electron chi connectivity index (χ0n) is 9.71. The zero-order valence-corrected chi connectivity index (χ0v) is 9.71. The summed E-state index contributed by atoms with van der Waals surface area (Å²) >= 11 is 0. The molecule has 0 bridgehead atoms. The van der Waals surface area contributed by atoms with Crippen molar-refractivity contribution in [2.75, 3.05) is 32.7 Å². The van der Waals surface area contributed by atoms with E-state index >= 15 is 0 Å². The first-order chi connectivity index (χ1) is 7.18. The Morgan fingerprint density at radius 1 is 1.33 bits per heavy atom. The van der Waals surface area contributed by atoms with E-state index in [1.807, 2.05) is 6.20 Å². The fourth-order valence-electron chi connectivity index (χ4n) is 2.26. The first-order valence-corrected chi connectivity index (χ1v) is 5.75. The third-order valence-electron chi connectivity index (χ3n) is 3.21. The summed E-state index contributed by atoms with van der Waals surface area (Å²) in [6.07, 6.45) is 4.12. The lowest BCUT2D eigenvalue weighted by atomic mass is 9.86. The largest absolute Gasteiger partial charge is 0.367 e. The van der Waals surface area contributed by atoms with Crippen molar-refractivity contribution in [1.29, 1.82) is 0 Å². The average molecular weight is 207 g/mol. The molecule has 1 aromatic rings. The van der Waals surface area contributed by atoms with Gasteiger partial charge in [-0.15, -0.1) is 0 Å². The van der Waals surface area contributed by atoms with Crippen molar-refractivity contribution in [2.45, 2.75) is 19.3 Å². The normalized spacial score (nSPS) is 19.3. The highest BCUT2D eigenvalue weighted by molar-refractivity contribution is 5.20. The number of hydrogen-bond acceptors (Lipinski definition) is 2. The molecule has 0 amide bonds. The van der Waals surface area contributed by atoms with E-state index in [1.54, 1.807) is 0 Å². The van der Waals surface area contributed by atoms with Crippen LogP contribution in [0.3, 0.4) is 0 Å². The highest BCUT2D eigenvalue weighted by Crippen LogP contribution is 2.23. The standard InChI is InChI=1S/C12H21N3/c1-12(2,11-3-4-14-9-11)10-15-7-5-13-6-8-15/h3-4,9,13-14H,5-8,10H2,1-2H3. The number of nitrogens with one attached hydrogen (secondary N) is 2. The molecule has 1 aliphatic heterocycles. The van der Waals surface area contributed by atoms with Gasteiger partial charge in [-0.05, 0) is 11.6 Å². The molecule has 1 aromatic heterocycles. The Bertz CT molecular complexity index is 284. The molecule has 3 nitrogen and oxygen atoms in total. The molecular formula is C12H21N3. The second kappa shape index (κ2) is 4.37. The molecule has 0 radical (unpaired) electrons. The molecule has 84 valence electrons. The molecule has 3 heteroatoms. The topological polar surface area (TPSA) is 31.1 Å². The molecule has 0 aromatic carbocycles. The number of hydrogen-bond donors (Lipinski definition) is 2. The monoisotopic (exact) mass is 207 g/mol. The highest BCUT2D eigenvalue weighted by Gasteiger charge is 2.24. The van der Waals surface area contributed by atoms with Gasteiger partial charge in [0.1, 0.15) is 0 Å². The first kappa shape index (κ1) is 10.7. The minimum atomic E-state index is 0.247. The summed E-state index contributed by atoms with van der Waals surface area (Å²) < 4.78 is 0. The molecule has 1 fully saturated rings. The Labute approximate surface area is 91.9 Å². The summed E-state index contributed by atoms with van der Waals surface area (Å²) in [5.74, 6) is 0. The van der Waals surface area contributed by atoms with Gasteiger partial charge in [0.05, 0.1) is 0 Å². The van der Waals surface area contributed by atoms with Gasteiger partial charge < -0.3 is 10.3 Å². The molecule has 2 heterocycles.